The first-order valence-corrected chi connectivity index (χ1v) is 5.56. The van der Waals surface area contributed by atoms with Crippen LogP contribution in [0.25, 0.3) is 0 Å². The Kier molecular flexibility index (Phi) is 3.14. The first-order valence-electron chi connectivity index (χ1n) is 5.56. The number of hydrogen-bond acceptors (Lipinski definition) is 1. The Morgan fingerprint density at radius 1 is 1.20 bits per heavy atom. The smallest absolute Gasteiger partial charge is 0.153 e. The largest absolute Gasteiger partial charge is 0.298 e. The summed E-state index contributed by atoms with van der Waals surface area (Å²) < 4.78 is 13.8. The Bertz CT molecular complexity index is 354. The van der Waals surface area contributed by atoms with Crippen molar-refractivity contribution >= 4 is 6.29 Å². The van der Waals surface area contributed by atoms with Gasteiger partial charge in [0.1, 0.15) is 5.82 Å². The summed E-state index contributed by atoms with van der Waals surface area (Å²) in [6, 6.07) is 5.13. The van der Waals surface area contributed by atoms with Gasteiger partial charge in [-0.15, -0.1) is 0 Å². The normalized spacial score (nSPS) is 17.7. The Labute approximate surface area is 89.3 Å². The summed E-state index contributed by atoms with van der Waals surface area (Å²) in [7, 11) is 0. The number of hydrogen-bond donors (Lipinski definition) is 0. The molecule has 0 bridgehead atoms. The van der Waals surface area contributed by atoms with Gasteiger partial charge in [-0.2, -0.15) is 0 Å². The maximum atomic E-state index is 13.8. The van der Waals surface area contributed by atoms with Crippen LogP contribution in [0.2, 0.25) is 0 Å². The third kappa shape index (κ3) is 2.09. The van der Waals surface area contributed by atoms with Crippen LogP contribution in [0.5, 0.6) is 0 Å². The zero-order valence-electron chi connectivity index (χ0n) is 8.71. The van der Waals surface area contributed by atoms with Gasteiger partial charge >= 0.3 is 0 Å². The van der Waals surface area contributed by atoms with Gasteiger partial charge in [0.2, 0.25) is 0 Å². The summed E-state index contributed by atoms with van der Waals surface area (Å²) in [6.45, 7) is 0. The van der Waals surface area contributed by atoms with Crippen LogP contribution < -0.4 is 0 Å². The summed E-state index contributed by atoms with van der Waals surface area (Å²) in [5.41, 5.74) is 0.928. The van der Waals surface area contributed by atoms with Gasteiger partial charge in [-0.05, 0) is 30.4 Å². The molecule has 0 atom stereocenters. The van der Waals surface area contributed by atoms with Crippen molar-refractivity contribution in [1.29, 1.82) is 0 Å². The second-order valence-electron chi connectivity index (χ2n) is 4.20. The summed E-state index contributed by atoms with van der Waals surface area (Å²) in [4.78, 5) is 10.6. The van der Waals surface area contributed by atoms with Crippen molar-refractivity contribution in [1.82, 2.24) is 0 Å². The van der Waals surface area contributed by atoms with Gasteiger partial charge in [-0.25, -0.2) is 4.39 Å². The highest BCUT2D eigenvalue weighted by Crippen LogP contribution is 2.34. The molecule has 1 aliphatic carbocycles. The minimum atomic E-state index is -0.306. The summed E-state index contributed by atoms with van der Waals surface area (Å²) in [5.74, 6) is 0.0121. The minimum Gasteiger partial charge on any atom is -0.298 e. The molecule has 1 aliphatic rings. The topological polar surface area (TPSA) is 17.1 Å². The minimum absolute atomic E-state index is 0.193. The molecule has 2 rings (SSSR count). The molecule has 0 radical (unpaired) electrons. The van der Waals surface area contributed by atoms with E-state index in [9.17, 15) is 9.18 Å². The fourth-order valence-corrected chi connectivity index (χ4v) is 2.39. The lowest BCUT2D eigenvalue weighted by atomic mass is 9.83. The van der Waals surface area contributed by atoms with Crippen molar-refractivity contribution in [2.75, 3.05) is 0 Å². The van der Waals surface area contributed by atoms with Crippen molar-refractivity contribution < 1.29 is 9.18 Å². The Hall–Kier alpha value is -1.18. The lowest BCUT2D eigenvalue weighted by Gasteiger charge is -2.22. The van der Waals surface area contributed by atoms with E-state index in [0.29, 0.717) is 12.2 Å². The van der Waals surface area contributed by atoms with Gasteiger partial charge < -0.3 is 0 Å². The maximum absolute atomic E-state index is 13.8. The molecule has 15 heavy (non-hydrogen) atoms. The van der Waals surface area contributed by atoms with Gasteiger partial charge in [0.25, 0.3) is 0 Å². The molecule has 1 nitrogen and oxygen atoms in total. The standard InChI is InChI=1S/C13H15FO/c14-13-11(9-15)7-4-8-12(13)10-5-2-1-3-6-10/h4,7-10H,1-3,5-6H2. The third-order valence-electron chi connectivity index (χ3n) is 3.23. The third-order valence-corrected chi connectivity index (χ3v) is 3.23. The summed E-state index contributed by atoms with van der Waals surface area (Å²) in [5, 5.41) is 0. The highest BCUT2D eigenvalue weighted by Gasteiger charge is 2.19. The predicted octanol–water partition coefficient (Wildman–Crippen LogP) is 3.69. The molecule has 1 aromatic carbocycles. The van der Waals surface area contributed by atoms with Gasteiger partial charge in [-0.3, -0.25) is 4.79 Å². The molecular weight excluding hydrogens is 191 g/mol. The van der Waals surface area contributed by atoms with Gasteiger partial charge in [0, 0.05) is 0 Å². The van der Waals surface area contributed by atoms with Crippen molar-refractivity contribution in [2.45, 2.75) is 38.0 Å². The molecule has 1 fully saturated rings. The molecule has 1 aromatic rings. The Balaban J connectivity index is 2.30. The number of aldehydes is 1. The van der Waals surface area contributed by atoms with Crippen LogP contribution >= 0.6 is 0 Å². The van der Waals surface area contributed by atoms with Crippen LogP contribution in [-0.2, 0) is 0 Å². The van der Waals surface area contributed by atoms with E-state index >= 15 is 0 Å². The summed E-state index contributed by atoms with van der Waals surface area (Å²) in [6.07, 6.45) is 6.32. The van der Waals surface area contributed by atoms with Crippen LogP contribution in [0.1, 0.15) is 53.9 Å². The second kappa shape index (κ2) is 4.56. The van der Waals surface area contributed by atoms with Crippen molar-refractivity contribution in [3.05, 3.63) is 35.1 Å². The second-order valence-corrected chi connectivity index (χ2v) is 4.20. The molecule has 0 spiro atoms. The van der Waals surface area contributed by atoms with Gasteiger partial charge in [0.05, 0.1) is 5.56 Å². The number of carbonyl (C=O) groups excluding carboxylic acids is 1. The fourth-order valence-electron chi connectivity index (χ4n) is 2.39. The highest BCUT2D eigenvalue weighted by molar-refractivity contribution is 5.75. The molecule has 0 aromatic heterocycles. The number of carbonyl (C=O) groups is 1. The van der Waals surface area contributed by atoms with E-state index in [1.54, 1.807) is 6.07 Å². The number of benzene rings is 1. The molecule has 0 unspecified atom stereocenters. The lowest BCUT2D eigenvalue weighted by molar-refractivity contribution is 0.111. The van der Waals surface area contributed by atoms with E-state index in [4.69, 9.17) is 0 Å². The molecule has 0 saturated heterocycles. The number of rotatable bonds is 2. The van der Waals surface area contributed by atoms with Crippen molar-refractivity contribution in [2.24, 2.45) is 0 Å². The SMILES string of the molecule is O=Cc1cccc(C2CCCCC2)c1F. The maximum Gasteiger partial charge on any atom is 0.153 e. The molecule has 2 heteroatoms. The highest BCUT2D eigenvalue weighted by atomic mass is 19.1. The van der Waals surface area contributed by atoms with Crippen molar-refractivity contribution in [3.63, 3.8) is 0 Å². The average molecular weight is 206 g/mol. The molecule has 0 N–H and O–H groups in total. The molecule has 0 aliphatic heterocycles. The zero-order valence-corrected chi connectivity index (χ0v) is 8.71. The van der Waals surface area contributed by atoms with Crippen LogP contribution in [0, 0.1) is 5.82 Å². The van der Waals surface area contributed by atoms with Crippen LogP contribution in [0.4, 0.5) is 4.39 Å². The quantitative estimate of drug-likeness (QED) is 0.674. The van der Waals surface area contributed by atoms with Crippen LogP contribution in [-0.4, -0.2) is 6.29 Å². The lowest BCUT2D eigenvalue weighted by Crippen LogP contribution is -2.07. The first kappa shape index (κ1) is 10.3. The van der Waals surface area contributed by atoms with Crippen LogP contribution in [0.3, 0.4) is 0 Å². The zero-order chi connectivity index (χ0) is 10.7. The molecule has 0 heterocycles. The van der Waals surface area contributed by atoms with E-state index in [1.807, 2.05) is 6.07 Å². The van der Waals surface area contributed by atoms with Crippen molar-refractivity contribution in [3.8, 4) is 0 Å². The van der Waals surface area contributed by atoms with E-state index in [0.717, 1.165) is 18.4 Å². The Morgan fingerprint density at radius 3 is 2.60 bits per heavy atom. The van der Waals surface area contributed by atoms with E-state index in [-0.39, 0.29) is 11.4 Å². The summed E-state index contributed by atoms with van der Waals surface area (Å²) >= 11 is 0. The van der Waals surface area contributed by atoms with E-state index in [1.165, 1.54) is 25.3 Å². The van der Waals surface area contributed by atoms with Gasteiger partial charge in [-0.1, -0.05) is 31.4 Å². The molecule has 80 valence electrons. The van der Waals surface area contributed by atoms with Gasteiger partial charge in [0.15, 0.2) is 6.29 Å². The molecule has 0 amide bonds. The monoisotopic (exact) mass is 206 g/mol. The predicted molar refractivity (Wildman–Crippen MR) is 57.6 cm³/mol. The molecule has 1 saturated carbocycles. The van der Waals surface area contributed by atoms with E-state index in [2.05, 4.69) is 0 Å². The Morgan fingerprint density at radius 2 is 1.93 bits per heavy atom. The fraction of sp³-hybridized carbons (Fsp3) is 0.462. The first-order chi connectivity index (χ1) is 7.33. The molecular formula is C13H15FO. The van der Waals surface area contributed by atoms with Crippen LogP contribution in [0.15, 0.2) is 18.2 Å². The average Bonchev–Trinajstić information content (AvgIpc) is 2.30. The number of halogens is 1. The van der Waals surface area contributed by atoms with E-state index < -0.39 is 0 Å².